The zero-order valence-corrected chi connectivity index (χ0v) is 12.2. The van der Waals surface area contributed by atoms with Gasteiger partial charge < -0.3 is 0 Å². The molecule has 0 aliphatic rings. The molecule has 1 aromatic heterocycles. The number of halogens is 1. The molecular weight excluding hydrogens is 234 g/mol. The summed E-state index contributed by atoms with van der Waals surface area (Å²) >= 11 is 6.23. The van der Waals surface area contributed by atoms with Crippen LogP contribution in [0.5, 0.6) is 0 Å². The first-order valence-electron chi connectivity index (χ1n) is 6.24. The van der Waals surface area contributed by atoms with E-state index in [1.165, 1.54) is 0 Å². The van der Waals surface area contributed by atoms with Crippen LogP contribution in [-0.2, 0) is 6.54 Å². The Balaban J connectivity index is 2.98. The van der Waals surface area contributed by atoms with Crippen molar-refractivity contribution < 1.29 is 0 Å². The average molecular weight is 256 g/mol. The molecule has 1 aromatic rings. The Morgan fingerprint density at radius 1 is 1.18 bits per heavy atom. The van der Waals surface area contributed by atoms with E-state index < -0.39 is 0 Å². The van der Waals surface area contributed by atoms with E-state index in [4.69, 9.17) is 11.6 Å². The predicted molar refractivity (Wildman–Crippen MR) is 72.5 cm³/mol. The van der Waals surface area contributed by atoms with E-state index >= 15 is 0 Å². The highest BCUT2D eigenvalue weighted by atomic mass is 35.5. The zero-order chi connectivity index (χ0) is 13.0. The Bertz CT molecular complexity index is 350. The van der Waals surface area contributed by atoms with Crippen LogP contribution >= 0.6 is 11.6 Å². The predicted octanol–water partition coefficient (Wildman–Crippen LogP) is 3.40. The molecule has 4 heteroatoms. The van der Waals surface area contributed by atoms with E-state index in [0.717, 1.165) is 36.7 Å². The van der Waals surface area contributed by atoms with Gasteiger partial charge in [0.05, 0.1) is 6.54 Å². The minimum atomic E-state index is 0.366. The SMILES string of the molecule is CCN(CC)Cc1nc(C)c(C(C)C)c(Cl)n1. The minimum absolute atomic E-state index is 0.366. The summed E-state index contributed by atoms with van der Waals surface area (Å²) in [6.45, 7) is 13.3. The summed E-state index contributed by atoms with van der Waals surface area (Å²) in [5.74, 6) is 1.19. The number of hydrogen-bond acceptors (Lipinski definition) is 3. The maximum absolute atomic E-state index is 6.23. The molecule has 0 saturated carbocycles. The van der Waals surface area contributed by atoms with Gasteiger partial charge >= 0.3 is 0 Å². The topological polar surface area (TPSA) is 29.0 Å². The minimum Gasteiger partial charge on any atom is -0.296 e. The molecule has 1 heterocycles. The van der Waals surface area contributed by atoms with E-state index in [1.807, 2.05) is 6.92 Å². The first-order valence-corrected chi connectivity index (χ1v) is 6.62. The van der Waals surface area contributed by atoms with Gasteiger partial charge in [0, 0.05) is 11.3 Å². The third kappa shape index (κ3) is 3.65. The monoisotopic (exact) mass is 255 g/mol. The van der Waals surface area contributed by atoms with Crippen LogP contribution in [0.25, 0.3) is 0 Å². The van der Waals surface area contributed by atoms with Crippen LogP contribution in [0, 0.1) is 6.92 Å². The summed E-state index contributed by atoms with van der Waals surface area (Å²) in [5, 5.41) is 0.606. The second-order valence-electron chi connectivity index (χ2n) is 4.55. The lowest BCUT2D eigenvalue weighted by Gasteiger charge is -2.18. The fraction of sp³-hybridized carbons (Fsp3) is 0.692. The van der Waals surface area contributed by atoms with Gasteiger partial charge in [0.15, 0.2) is 0 Å². The quantitative estimate of drug-likeness (QED) is 0.755. The van der Waals surface area contributed by atoms with Crippen molar-refractivity contribution in [1.82, 2.24) is 14.9 Å². The average Bonchev–Trinajstić information content (AvgIpc) is 2.24. The van der Waals surface area contributed by atoms with Crippen molar-refractivity contribution in [2.24, 2.45) is 0 Å². The number of rotatable bonds is 5. The van der Waals surface area contributed by atoms with Gasteiger partial charge in [-0.25, -0.2) is 9.97 Å². The summed E-state index contributed by atoms with van der Waals surface area (Å²) in [6, 6.07) is 0. The first kappa shape index (κ1) is 14.4. The van der Waals surface area contributed by atoms with Crippen LogP contribution in [0.3, 0.4) is 0 Å². The molecule has 0 aliphatic heterocycles. The first-order chi connectivity index (χ1) is 7.99. The van der Waals surface area contributed by atoms with E-state index in [0.29, 0.717) is 11.1 Å². The second-order valence-corrected chi connectivity index (χ2v) is 4.90. The molecule has 0 saturated heterocycles. The molecule has 96 valence electrons. The highest BCUT2D eigenvalue weighted by molar-refractivity contribution is 6.30. The standard InChI is InChI=1S/C13H22ClN3/c1-6-17(7-2)8-11-15-10(5)12(9(3)4)13(14)16-11/h9H,6-8H2,1-5H3. The van der Waals surface area contributed by atoms with Crippen LogP contribution in [0.2, 0.25) is 5.15 Å². The van der Waals surface area contributed by atoms with Crippen molar-refractivity contribution >= 4 is 11.6 Å². The Labute approximate surface area is 109 Å². The largest absolute Gasteiger partial charge is 0.296 e. The number of hydrogen-bond donors (Lipinski definition) is 0. The van der Waals surface area contributed by atoms with E-state index in [2.05, 4.69) is 42.6 Å². The van der Waals surface area contributed by atoms with Crippen molar-refractivity contribution in [3.8, 4) is 0 Å². The Hall–Kier alpha value is -0.670. The molecule has 0 radical (unpaired) electrons. The van der Waals surface area contributed by atoms with Gasteiger partial charge in [0.2, 0.25) is 0 Å². The molecular formula is C13H22ClN3. The van der Waals surface area contributed by atoms with Crippen molar-refractivity contribution in [2.75, 3.05) is 13.1 Å². The van der Waals surface area contributed by atoms with Crippen LogP contribution in [0.15, 0.2) is 0 Å². The summed E-state index contributed by atoms with van der Waals surface area (Å²) in [7, 11) is 0. The molecule has 17 heavy (non-hydrogen) atoms. The van der Waals surface area contributed by atoms with E-state index in [9.17, 15) is 0 Å². The van der Waals surface area contributed by atoms with Gasteiger partial charge in [-0.3, -0.25) is 4.90 Å². The van der Waals surface area contributed by atoms with Crippen molar-refractivity contribution in [2.45, 2.75) is 47.1 Å². The van der Waals surface area contributed by atoms with Gasteiger partial charge in [-0.2, -0.15) is 0 Å². The lowest BCUT2D eigenvalue weighted by Crippen LogP contribution is -2.24. The molecule has 0 fully saturated rings. The summed E-state index contributed by atoms with van der Waals surface area (Å²) in [5.41, 5.74) is 2.07. The Morgan fingerprint density at radius 3 is 2.18 bits per heavy atom. The van der Waals surface area contributed by atoms with Crippen molar-refractivity contribution in [1.29, 1.82) is 0 Å². The maximum atomic E-state index is 6.23. The molecule has 0 spiro atoms. The molecule has 0 aromatic carbocycles. The van der Waals surface area contributed by atoms with Crippen LogP contribution in [-0.4, -0.2) is 28.0 Å². The van der Waals surface area contributed by atoms with Crippen LogP contribution < -0.4 is 0 Å². The normalized spacial score (nSPS) is 11.5. The highest BCUT2D eigenvalue weighted by Gasteiger charge is 2.14. The molecule has 0 amide bonds. The zero-order valence-electron chi connectivity index (χ0n) is 11.4. The third-order valence-electron chi connectivity index (χ3n) is 2.97. The summed E-state index contributed by atoms with van der Waals surface area (Å²) < 4.78 is 0. The summed E-state index contributed by atoms with van der Waals surface area (Å²) in [6.07, 6.45) is 0. The number of aromatic nitrogens is 2. The van der Waals surface area contributed by atoms with E-state index in [1.54, 1.807) is 0 Å². The lowest BCUT2D eigenvalue weighted by molar-refractivity contribution is 0.288. The smallest absolute Gasteiger partial charge is 0.144 e. The molecule has 0 bridgehead atoms. The van der Waals surface area contributed by atoms with Crippen molar-refractivity contribution in [3.63, 3.8) is 0 Å². The molecule has 0 atom stereocenters. The molecule has 3 nitrogen and oxygen atoms in total. The fourth-order valence-electron chi connectivity index (χ4n) is 1.98. The van der Waals surface area contributed by atoms with Crippen molar-refractivity contribution in [3.05, 3.63) is 22.2 Å². The number of nitrogens with zero attached hydrogens (tertiary/aromatic N) is 3. The van der Waals surface area contributed by atoms with E-state index in [-0.39, 0.29) is 0 Å². The summed E-state index contributed by atoms with van der Waals surface area (Å²) in [4.78, 5) is 11.2. The maximum Gasteiger partial charge on any atom is 0.144 e. The van der Waals surface area contributed by atoms with Crippen LogP contribution in [0.1, 0.15) is 50.7 Å². The third-order valence-corrected chi connectivity index (χ3v) is 3.26. The van der Waals surface area contributed by atoms with Gasteiger partial charge in [0.25, 0.3) is 0 Å². The Kier molecular flexibility index (Phi) is 5.34. The van der Waals surface area contributed by atoms with Gasteiger partial charge in [-0.1, -0.05) is 39.3 Å². The highest BCUT2D eigenvalue weighted by Crippen LogP contribution is 2.25. The number of aryl methyl sites for hydroxylation is 1. The molecule has 0 unspecified atom stereocenters. The molecule has 1 rings (SSSR count). The van der Waals surface area contributed by atoms with Crippen LogP contribution in [0.4, 0.5) is 0 Å². The fourth-order valence-corrected chi connectivity index (χ4v) is 2.43. The van der Waals surface area contributed by atoms with Gasteiger partial charge in [-0.05, 0) is 25.9 Å². The van der Waals surface area contributed by atoms with Gasteiger partial charge in [0.1, 0.15) is 11.0 Å². The lowest BCUT2D eigenvalue weighted by atomic mass is 10.0. The molecule has 0 N–H and O–H groups in total. The molecule has 0 aliphatic carbocycles. The van der Waals surface area contributed by atoms with Gasteiger partial charge in [-0.15, -0.1) is 0 Å². The Morgan fingerprint density at radius 2 is 1.76 bits per heavy atom. The second kappa shape index (κ2) is 6.31.